The van der Waals surface area contributed by atoms with Gasteiger partial charge in [0.2, 0.25) is 5.91 Å². The molecule has 24 heavy (non-hydrogen) atoms. The number of nitrogens with one attached hydrogen (secondary N) is 1. The molecule has 1 aromatic heterocycles. The van der Waals surface area contributed by atoms with Gasteiger partial charge in [0.05, 0.1) is 11.3 Å². The van der Waals surface area contributed by atoms with Crippen molar-refractivity contribution in [3.05, 3.63) is 62.8 Å². The molecule has 0 saturated carbocycles. The van der Waals surface area contributed by atoms with Gasteiger partial charge in [-0.2, -0.15) is 0 Å². The van der Waals surface area contributed by atoms with Crippen LogP contribution in [0.15, 0.2) is 40.9 Å². The van der Waals surface area contributed by atoms with E-state index in [1.54, 1.807) is 6.07 Å². The average molecular weight is 346 g/mol. The van der Waals surface area contributed by atoms with E-state index in [-0.39, 0.29) is 23.0 Å². The number of carbonyl (C=O) groups excluding carboxylic acids is 1. The molecule has 1 heterocycles. The minimum absolute atomic E-state index is 0.00707. The molecule has 0 spiro atoms. The molecule has 0 atom stereocenters. The Balaban J connectivity index is 1.79. The van der Waals surface area contributed by atoms with Crippen molar-refractivity contribution >= 4 is 39.9 Å². The Bertz CT molecular complexity index is 952. The number of aryl methyl sites for hydroxylation is 1. The fraction of sp³-hybridized carbons (Fsp3) is 0.125. The number of amides is 1. The van der Waals surface area contributed by atoms with Gasteiger partial charge in [0.15, 0.2) is 5.58 Å². The summed E-state index contributed by atoms with van der Waals surface area (Å²) in [7, 11) is 0. The number of nitro benzene ring substituents is 1. The second kappa shape index (κ2) is 6.29. The summed E-state index contributed by atoms with van der Waals surface area (Å²) in [4.78, 5) is 22.5. The van der Waals surface area contributed by atoms with E-state index < -0.39 is 4.92 Å². The van der Waals surface area contributed by atoms with Gasteiger partial charge in [-0.1, -0.05) is 28.4 Å². The maximum atomic E-state index is 12.2. The van der Waals surface area contributed by atoms with Crippen molar-refractivity contribution < 1.29 is 14.2 Å². The molecular weight excluding hydrogens is 334 g/mol. The second-order valence-electron chi connectivity index (χ2n) is 5.28. The standard InChI is InChI=1S/C16H12ClN3O4/c1-9-2-5-15-11(6-9)13(19-24-15)8-16(21)18-10-3-4-12(17)14(7-10)20(22)23/h2-7H,8H2,1H3,(H,18,21). The molecule has 7 nitrogen and oxygen atoms in total. The van der Waals surface area contributed by atoms with Crippen molar-refractivity contribution in [2.75, 3.05) is 5.32 Å². The number of anilines is 1. The number of fused-ring (bicyclic) bond motifs is 1. The molecule has 3 rings (SSSR count). The van der Waals surface area contributed by atoms with Crippen LogP contribution in [0, 0.1) is 17.0 Å². The Hall–Kier alpha value is -2.93. The Morgan fingerprint density at radius 3 is 2.88 bits per heavy atom. The summed E-state index contributed by atoms with van der Waals surface area (Å²) >= 11 is 5.75. The molecule has 3 aromatic rings. The first-order valence-electron chi connectivity index (χ1n) is 7.03. The van der Waals surface area contributed by atoms with Crippen LogP contribution in [0.2, 0.25) is 5.02 Å². The molecule has 0 aliphatic rings. The van der Waals surface area contributed by atoms with E-state index in [1.807, 2.05) is 19.1 Å². The smallest absolute Gasteiger partial charge is 0.289 e. The quantitative estimate of drug-likeness (QED) is 0.571. The highest BCUT2D eigenvalue weighted by Crippen LogP contribution is 2.27. The molecule has 0 unspecified atom stereocenters. The molecule has 0 aliphatic heterocycles. The molecular formula is C16H12ClN3O4. The zero-order chi connectivity index (χ0) is 17.3. The zero-order valence-electron chi connectivity index (χ0n) is 12.6. The lowest BCUT2D eigenvalue weighted by Gasteiger charge is -2.05. The molecule has 0 aliphatic carbocycles. The third-order valence-corrected chi connectivity index (χ3v) is 3.77. The highest BCUT2D eigenvalue weighted by Gasteiger charge is 2.16. The number of aromatic nitrogens is 1. The summed E-state index contributed by atoms with van der Waals surface area (Å²) in [6.45, 7) is 1.93. The first-order chi connectivity index (χ1) is 11.4. The fourth-order valence-electron chi connectivity index (χ4n) is 2.32. The summed E-state index contributed by atoms with van der Waals surface area (Å²) in [5.41, 5.74) is 2.16. The van der Waals surface area contributed by atoms with Crippen LogP contribution in [0.4, 0.5) is 11.4 Å². The predicted octanol–water partition coefficient (Wildman–Crippen LogP) is 3.88. The van der Waals surface area contributed by atoms with Gasteiger partial charge in [-0.25, -0.2) is 0 Å². The highest BCUT2D eigenvalue weighted by molar-refractivity contribution is 6.32. The van der Waals surface area contributed by atoms with Crippen LogP contribution < -0.4 is 5.32 Å². The Morgan fingerprint density at radius 1 is 1.33 bits per heavy atom. The summed E-state index contributed by atoms with van der Waals surface area (Å²) in [5.74, 6) is -0.358. The van der Waals surface area contributed by atoms with E-state index in [0.717, 1.165) is 10.9 Å². The van der Waals surface area contributed by atoms with Crippen LogP contribution in [0.3, 0.4) is 0 Å². The molecule has 0 bridgehead atoms. The minimum atomic E-state index is -0.605. The van der Waals surface area contributed by atoms with Gasteiger partial charge in [-0.3, -0.25) is 14.9 Å². The van der Waals surface area contributed by atoms with Gasteiger partial charge in [-0.15, -0.1) is 0 Å². The predicted molar refractivity (Wildman–Crippen MR) is 89.2 cm³/mol. The molecule has 8 heteroatoms. The van der Waals surface area contributed by atoms with Crippen LogP contribution in [-0.2, 0) is 11.2 Å². The van der Waals surface area contributed by atoms with E-state index in [9.17, 15) is 14.9 Å². The highest BCUT2D eigenvalue weighted by atomic mass is 35.5. The third-order valence-electron chi connectivity index (χ3n) is 3.45. The number of rotatable bonds is 4. The van der Waals surface area contributed by atoms with Gasteiger partial charge >= 0.3 is 0 Å². The van der Waals surface area contributed by atoms with Crippen molar-refractivity contribution in [1.29, 1.82) is 0 Å². The van der Waals surface area contributed by atoms with Gasteiger partial charge < -0.3 is 9.84 Å². The van der Waals surface area contributed by atoms with Crippen LogP contribution in [-0.4, -0.2) is 16.0 Å². The van der Waals surface area contributed by atoms with Crippen molar-refractivity contribution in [3.8, 4) is 0 Å². The number of nitro groups is 1. The number of halogens is 1. The van der Waals surface area contributed by atoms with E-state index in [0.29, 0.717) is 17.0 Å². The van der Waals surface area contributed by atoms with E-state index >= 15 is 0 Å². The van der Waals surface area contributed by atoms with E-state index in [4.69, 9.17) is 16.1 Å². The van der Waals surface area contributed by atoms with E-state index in [1.165, 1.54) is 18.2 Å². The summed E-state index contributed by atoms with van der Waals surface area (Å²) in [5, 5.41) is 18.2. The summed E-state index contributed by atoms with van der Waals surface area (Å²) in [6.07, 6.45) is -0.00707. The molecule has 0 fully saturated rings. The molecule has 122 valence electrons. The molecule has 1 N–H and O–H groups in total. The number of hydrogen-bond donors (Lipinski definition) is 1. The number of carbonyl (C=O) groups is 1. The molecule has 1 amide bonds. The maximum absolute atomic E-state index is 12.2. The lowest BCUT2D eigenvalue weighted by atomic mass is 10.1. The van der Waals surface area contributed by atoms with Crippen LogP contribution >= 0.6 is 11.6 Å². The first kappa shape index (κ1) is 15.9. The zero-order valence-corrected chi connectivity index (χ0v) is 13.3. The Kier molecular flexibility index (Phi) is 4.18. The van der Waals surface area contributed by atoms with Gasteiger partial charge in [-0.05, 0) is 31.2 Å². The summed E-state index contributed by atoms with van der Waals surface area (Å²) in [6, 6.07) is 9.65. The topological polar surface area (TPSA) is 98.3 Å². The largest absolute Gasteiger partial charge is 0.356 e. The number of benzene rings is 2. The minimum Gasteiger partial charge on any atom is -0.356 e. The van der Waals surface area contributed by atoms with Crippen molar-refractivity contribution in [1.82, 2.24) is 5.16 Å². The lowest BCUT2D eigenvalue weighted by Crippen LogP contribution is -2.14. The monoisotopic (exact) mass is 345 g/mol. The van der Waals surface area contributed by atoms with Crippen molar-refractivity contribution in [3.63, 3.8) is 0 Å². The van der Waals surface area contributed by atoms with Crippen LogP contribution in [0.25, 0.3) is 11.0 Å². The third kappa shape index (κ3) is 3.21. The average Bonchev–Trinajstić information content (AvgIpc) is 2.91. The van der Waals surface area contributed by atoms with Crippen LogP contribution in [0.5, 0.6) is 0 Å². The van der Waals surface area contributed by atoms with Gasteiger partial charge in [0, 0.05) is 17.1 Å². The Morgan fingerprint density at radius 2 is 2.12 bits per heavy atom. The first-order valence-corrected chi connectivity index (χ1v) is 7.40. The summed E-state index contributed by atoms with van der Waals surface area (Å²) < 4.78 is 5.18. The van der Waals surface area contributed by atoms with Gasteiger partial charge in [0.25, 0.3) is 5.69 Å². The Labute approximate surface area is 141 Å². The fourth-order valence-corrected chi connectivity index (χ4v) is 2.50. The lowest BCUT2D eigenvalue weighted by molar-refractivity contribution is -0.384. The van der Waals surface area contributed by atoms with Crippen LogP contribution in [0.1, 0.15) is 11.3 Å². The van der Waals surface area contributed by atoms with Crippen molar-refractivity contribution in [2.45, 2.75) is 13.3 Å². The molecule has 0 radical (unpaired) electrons. The second-order valence-corrected chi connectivity index (χ2v) is 5.68. The number of nitrogens with zero attached hydrogens (tertiary/aromatic N) is 2. The molecule has 2 aromatic carbocycles. The van der Waals surface area contributed by atoms with E-state index in [2.05, 4.69) is 10.5 Å². The van der Waals surface area contributed by atoms with Crippen molar-refractivity contribution in [2.24, 2.45) is 0 Å². The SMILES string of the molecule is Cc1ccc2onc(CC(=O)Nc3ccc(Cl)c([N+](=O)[O-])c3)c2c1. The number of hydrogen-bond acceptors (Lipinski definition) is 5. The molecule has 0 saturated heterocycles. The normalized spacial score (nSPS) is 10.8. The van der Waals surface area contributed by atoms with Gasteiger partial charge in [0.1, 0.15) is 10.7 Å². The maximum Gasteiger partial charge on any atom is 0.289 e.